The lowest BCUT2D eigenvalue weighted by Crippen LogP contribution is -2.51. The first-order valence-electron chi connectivity index (χ1n) is 9.20. The Bertz CT molecular complexity index is 251. The zero-order valence-electron chi connectivity index (χ0n) is 15.9. The Kier molecular flexibility index (Phi) is 7.70. The van der Waals surface area contributed by atoms with Crippen molar-refractivity contribution in [2.75, 3.05) is 26.2 Å². The van der Waals surface area contributed by atoms with E-state index in [0.717, 1.165) is 35.8 Å². The molecule has 2 aliphatic rings. The van der Waals surface area contributed by atoms with Crippen LogP contribution in [0.25, 0.3) is 0 Å². The van der Waals surface area contributed by atoms with Crippen LogP contribution >= 0.6 is 0 Å². The van der Waals surface area contributed by atoms with Crippen molar-refractivity contribution in [3.8, 4) is 0 Å². The molecule has 0 amide bonds. The van der Waals surface area contributed by atoms with Crippen LogP contribution in [0, 0.1) is 23.7 Å². The van der Waals surface area contributed by atoms with Gasteiger partial charge in [0, 0.05) is 31.7 Å². The van der Waals surface area contributed by atoms with Crippen molar-refractivity contribution in [3.63, 3.8) is 0 Å². The Labute approximate surface area is 134 Å². The molecule has 0 radical (unpaired) electrons. The lowest BCUT2D eigenvalue weighted by atomic mass is 9.87. The first-order valence-corrected chi connectivity index (χ1v) is 9.20. The predicted molar refractivity (Wildman–Crippen MR) is 94.7 cm³/mol. The Morgan fingerprint density at radius 1 is 0.619 bits per heavy atom. The van der Waals surface area contributed by atoms with Crippen molar-refractivity contribution in [2.24, 2.45) is 23.7 Å². The van der Waals surface area contributed by atoms with Crippen molar-refractivity contribution < 1.29 is 0 Å². The molecular weight excluding hydrogens is 256 g/mol. The van der Waals surface area contributed by atoms with Gasteiger partial charge in [0.05, 0.1) is 0 Å². The van der Waals surface area contributed by atoms with E-state index in [1.807, 2.05) is 0 Å². The molecule has 0 aromatic carbocycles. The molecule has 0 aromatic heterocycles. The van der Waals surface area contributed by atoms with Crippen LogP contribution in [0.5, 0.6) is 0 Å². The summed E-state index contributed by atoms with van der Waals surface area (Å²) in [6.45, 7) is 23.8. The van der Waals surface area contributed by atoms with Crippen molar-refractivity contribution in [3.05, 3.63) is 0 Å². The molecule has 2 aliphatic heterocycles. The number of nitrogens with zero attached hydrogens (tertiary/aromatic N) is 2. The summed E-state index contributed by atoms with van der Waals surface area (Å²) in [5, 5.41) is 0. The molecular formula is C19H40N2. The van der Waals surface area contributed by atoms with Gasteiger partial charge in [-0.3, -0.25) is 0 Å². The fraction of sp³-hybridized carbons (Fsp3) is 1.00. The van der Waals surface area contributed by atoms with Crippen molar-refractivity contribution in [2.45, 2.75) is 73.9 Å². The third-order valence-corrected chi connectivity index (χ3v) is 5.54. The van der Waals surface area contributed by atoms with Crippen molar-refractivity contribution in [1.29, 1.82) is 0 Å². The van der Waals surface area contributed by atoms with Gasteiger partial charge in [0.15, 0.2) is 0 Å². The first kappa shape index (κ1) is 19.0. The molecule has 2 heteroatoms. The minimum absolute atomic E-state index is 0.749. The van der Waals surface area contributed by atoms with Crippen LogP contribution in [0.1, 0.15) is 61.8 Å². The normalized spacial score (nSPS) is 24.9. The summed E-state index contributed by atoms with van der Waals surface area (Å²) in [6.07, 6.45) is 1.41. The molecule has 21 heavy (non-hydrogen) atoms. The third kappa shape index (κ3) is 5.90. The van der Waals surface area contributed by atoms with Crippen LogP contribution in [-0.2, 0) is 0 Å². The average molecular weight is 297 g/mol. The van der Waals surface area contributed by atoms with E-state index in [1.165, 1.54) is 32.6 Å². The van der Waals surface area contributed by atoms with Crippen LogP contribution in [0.3, 0.4) is 0 Å². The average Bonchev–Trinajstić information content (AvgIpc) is 2.75. The number of hydrogen-bond acceptors (Lipinski definition) is 2. The van der Waals surface area contributed by atoms with Crippen LogP contribution in [0.2, 0.25) is 0 Å². The standard InChI is InChI=1S/C10H21N.C9H19N/c1-8(2)10-5-6-11(7-10)9(3)4;1-7(2)9-5-10(6-9)8(3)4/h8-10H,5-7H2,1-4H3;7-9H,5-6H2,1-4H3. The van der Waals surface area contributed by atoms with E-state index in [2.05, 4.69) is 65.2 Å². The lowest BCUT2D eigenvalue weighted by molar-refractivity contribution is 0.0408. The summed E-state index contributed by atoms with van der Waals surface area (Å²) in [7, 11) is 0. The SMILES string of the molecule is CC(C)C1CCN(C(C)C)C1.CC(C)C1CN(C(C)C)C1. The van der Waals surface area contributed by atoms with Crippen LogP contribution in [-0.4, -0.2) is 48.1 Å². The quantitative estimate of drug-likeness (QED) is 0.761. The predicted octanol–water partition coefficient (Wildman–Crippen LogP) is 4.36. The van der Waals surface area contributed by atoms with E-state index in [0.29, 0.717) is 0 Å². The minimum Gasteiger partial charge on any atom is -0.301 e. The largest absolute Gasteiger partial charge is 0.301 e. The second-order valence-corrected chi connectivity index (χ2v) is 8.43. The Balaban J connectivity index is 0.000000211. The minimum atomic E-state index is 0.749. The molecule has 0 aliphatic carbocycles. The fourth-order valence-corrected chi connectivity index (χ4v) is 3.22. The molecule has 2 saturated heterocycles. The van der Waals surface area contributed by atoms with Crippen molar-refractivity contribution in [1.82, 2.24) is 9.80 Å². The molecule has 0 spiro atoms. The topological polar surface area (TPSA) is 6.48 Å². The maximum atomic E-state index is 2.59. The van der Waals surface area contributed by atoms with Crippen LogP contribution in [0.15, 0.2) is 0 Å². The second-order valence-electron chi connectivity index (χ2n) is 8.43. The maximum Gasteiger partial charge on any atom is 0.00388 e. The summed E-state index contributed by atoms with van der Waals surface area (Å²) < 4.78 is 0. The van der Waals surface area contributed by atoms with E-state index in [4.69, 9.17) is 0 Å². The van der Waals surface area contributed by atoms with Gasteiger partial charge in [-0.25, -0.2) is 0 Å². The maximum absolute atomic E-state index is 2.59. The summed E-state index contributed by atoms with van der Waals surface area (Å²) in [5.41, 5.74) is 0. The molecule has 2 fully saturated rings. The van der Waals surface area contributed by atoms with Crippen LogP contribution < -0.4 is 0 Å². The van der Waals surface area contributed by atoms with Gasteiger partial charge in [0.25, 0.3) is 0 Å². The Morgan fingerprint density at radius 2 is 1.05 bits per heavy atom. The van der Waals surface area contributed by atoms with Gasteiger partial charge in [0.2, 0.25) is 0 Å². The molecule has 2 heterocycles. The van der Waals surface area contributed by atoms with Crippen LogP contribution in [0.4, 0.5) is 0 Å². The number of hydrogen-bond donors (Lipinski definition) is 0. The third-order valence-electron chi connectivity index (χ3n) is 5.54. The highest BCUT2D eigenvalue weighted by Gasteiger charge is 2.30. The molecule has 0 saturated carbocycles. The molecule has 0 bridgehead atoms. The molecule has 0 aromatic rings. The molecule has 2 nitrogen and oxygen atoms in total. The summed E-state index contributed by atoms with van der Waals surface area (Å²) in [4.78, 5) is 5.12. The Morgan fingerprint density at radius 3 is 1.33 bits per heavy atom. The van der Waals surface area contributed by atoms with Gasteiger partial charge in [-0.15, -0.1) is 0 Å². The highest BCUT2D eigenvalue weighted by Crippen LogP contribution is 2.25. The highest BCUT2D eigenvalue weighted by molar-refractivity contribution is 4.83. The Hall–Kier alpha value is -0.0800. The van der Waals surface area contributed by atoms with E-state index in [-0.39, 0.29) is 0 Å². The zero-order valence-corrected chi connectivity index (χ0v) is 15.9. The van der Waals surface area contributed by atoms with E-state index >= 15 is 0 Å². The zero-order chi connectivity index (χ0) is 16.2. The number of rotatable bonds is 4. The fourth-order valence-electron chi connectivity index (χ4n) is 3.22. The summed E-state index contributed by atoms with van der Waals surface area (Å²) >= 11 is 0. The van der Waals surface area contributed by atoms with E-state index in [9.17, 15) is 0 Å². The first-order chi connectivity index (χ1) is 9.72. The smallest absolute Gasteiger partial charge is 0.00388 e. The molecule has 2 rings (SSSR count). The van der Waals surface area contributed by atoms with E-state index in [1.54, 1.807) is 0 Å². The molecule has 126 valence electrons. The second kappa shape index (κ2) is 8.53. The van der Waals surface area contributed by atoms with Gasteiger partial charge in [-0.05, 0) is 64.3 Å². The summed E-state index contributed by atoms with van der Waals surface area (Å²) in [5.74, 6) is 3.69. The van der Waals surface area contributed by atoms with Gasteiger partial charge >= 0.3 is 0 Å². The highest BCUT2D eigenvalue weighted by atomic mass is 15.2. The van der Waals surface area contributed by atoms with Gasteiger partial charge < -0.3 is 9.80 Å². The van der Waals surface area contributed by atoms with Crippen molar-refractivity contribution >= 4 is 0 Å². The molecule has 0 N–H and O–H groups in total. The van der Waals surface area contributed by atoms with Gasteiger partial charge in [-0.2, -0.15) is 0 Å². The number of likely N-dealkylation sites (tertiary alicyclic amines) is 2. The monoisotopic (exact) mass is 296 g/mol. The molecule has 1 unspecified atom stereocenters. The molecule has 1 atom stereocenters. The van der Waals surface area contributed by atoms with E-state index < -0.39 is 0 Å². The summed E-state index contributed by atoms with van der Waals surface area (Å²) in [6, 6.07) is 1.51. The van der Waals surface area contributed by atoms with Gasteiger partial charge in [0.1, 0.15) is 0 Å². The van der Waals surface area contributed by atoms with Gasteiger partial charge in [-0.1, -0.05) is 27.7 Å². The lowest BCUT2D eigenvalue weighted by Gasteiger charge is -2.44.